The number of carbonyl (C=O) groups is 1. The van der Waals surface area contributed by atoms with Crippen LogP contribution in [0.1, 0.15) is 11.3 Å². The molecule has 0 radical (unpaired) electrons. The van der Waals surface area contributed by atoms with Crippen LogP contribution in [0.5, 0.6) is 0 Å². The van der Waals surface area contributed by atoms with E-state index in [1.807, 2.05) is 42.2 Å². The Balaban J connectivity index is 1.38. The van der Waals surface area contributed by atoms with Gasteiger partial charge in [0.25, 0.3) is 0 Å². The molecule has 0 atom stereocenters. The summed E-state index contributed by atoms with van der Waals surface area (Å²) in [6.07, 6.45) is 0.341. The highest BCUT2D eigenvalue weighted by Gasteiger charge is 2.24. The van der Waals surface area contributed by atoms with Crippen LogP contribution in [0.4, 0.5) is 11.8 Å². The molecule has 0 spiro atoms. The molecule has 1 aromatic heterocycles. The number of halogens is 1. The number of hydrogen-bond acceptors (Lipinski definition) is 6. The molecule has 3 heterocycles. The van der Waals surface area contributed by atoms with E-state index in [-0.39, 0.29) is 5.91 Å². The first kappa shape index (κ1) is 19.9. The Morgan fingerprint density at radius 1 is 1.03 bits per heavy atom. The summed E-state index contributed by atoms with van der Waals surface area (Å²) >= 11 is 6.20. The van der Waals surface area contributed by atoms with Crippen LogP contribution in [0.3, 0.4) is 0 Å². The average molecular weight is 416 g/mol. The molecule has 1 aromatic carbocycles. The van der Waals surface area contributed by atoms with Crippen LogP contribution in [0.2, 0.25) is 5.02 Å². The summed E-state index contributed by atoms with van der Waals surface area (Å²) in [4.78, 5) is 28.4. The van der Waals surface area contributed by atoms with E-state index in [0.29, 0.717) is 37.7 Å². The van der Waals surface area contributed by atoms with Gasteiger partial charge in [-0.05, 0) is 18.6 Å². The molecule has 7 nitrogen and oxygen atoms in total. The molecule has 2 aliphatic rings. The number of rotatable bonds is 4. The van der Waals surface area contributed by atoms with Crippen molar-refractivity contribution >= 4 is 29.3 Å². The van der Waals surface area contributed by atoms with E-state index in [9.17, 15) is 4.79 Å². The SMILES string of the molecule is Cc1cc(N2CCN(C(=O)Cc3ccccc3Cl)CC2)nc(N2CCOCC2)n1. The summed E-state index contributed by atoms with van der Waals surface area (Å²) in [7, 11) is 0. The van der Waals surface area contributed by atoms with E-state index >= 15 is 0 Å². The Kier molecular flexibility index (Phi) is 6.16. The van der Waals surface area contributed by atoms with Crippen molar-refractivity contribution < 1.29 is 9.53 Å². The molecule has 154 valence electrons. The first-order valence-corrected chi connectivity index (χ1v) is 10.4. The van der Waals surface area contributed by atoms with Crippen molar-refractivity contribution in [2.24, 2.45) is 0 Å². The zero-order valence-corrected chi connectivity index (χ0v) is 17.4. The summed E-state index contributed by atoms with van der Waals surface area (Å²) in [5.74, 6) is 1.81. The fourth-order valence-electron chi connectivity index (χ4n) is 3.70. The number of aryl methyl sites for hydroxylation is 1. The van der Waals surface area contributed by atoms with Gasteiger partial charge in [-0.25, -0.2) is 4.98 Å². The minimum Gasteiger partial charge on any atom is -0.378 e. The fraction of sp³-hybridized carbons (Fsp3) is 0.476. The number of nitrogens with zero attached hydrogens (tertiary/aromatic N) is 5. The maximum absolute atomic E-state index is 12.7. The number of carbonyl (C=O) groups excluding carboxylic acids is 1. The number of morpholine rings is 1. The molecule has 1 amide bonds. The third kappa shape index (κ3) is 4.79. The van der Waals surface area contributed by atoms with E-state index < -0.39 is 0 Å². The molecule has 4 rings (SSSR count). The predicted octanol–water partition coefficient (Wildman–Crippen LogP) is 2.17. The first-order valence-electron chi connectivity index (χ1n) is 10.0. The van der Waals surface area contributed by atoms with Crippen LogP contribution < -0.4 is 9.80 Å². The summed E-state index contributed by atoms with van der Waals surface area (Å²) in [6.45, 7) is 7.91. The Morgan fingerprint density at radius 2 is 1.76 bits per heavy atom. The van der Waals surface area contributed by atoms with Crippen LogP contribution in [-0.2, 0) is 16.0 Å². The lowest BCUT2D eigenvalue weighted by Gasteiger charge is -2.36. The molecule has 0 bridgehead atoms. The number of benzene rings is 1. The van der Waals surface area contributed by atoms with E-state index in [0.717, 1.165) is 49.2 Å². The van der Waals surface area contributed by atoms with Crippen LogP contribution in [0, 0.1) is 6.92 Å². The summed E-state index contributed by atoms with van der Waals surface area (Å²) in [6, 6.07) is 9.55. The van der Waals surface area contributed by atoms with Crippen LogP contribution in [-0.4, -0.2) is 73.3 Å². The van der Waals surface area contributed by atoms with Crippen molar-refractivity contribution in [2.45, 2.75) is 13.3 Å². The zero-order chi connectivity index (χ0) is 20.2. The second-order valence-corrected chi connectivity index (χ2v) is 7.81. The van der Waals surface area contributed by atoms with Crippen LogP contribution >= 0.6 is 11.6 Å². The van der Waals surface area contributed by atoms with Gasteiger partial charge < -0.3 is 19.4 Å². The van der Waals surface area contributed by atoms with Crippen LogP contribution in [0.25, 0.3) is 0 Å². The molecular weight excluding hydrogens is 390 g/mol. The number of anilines is 2. The Morgan fingerprint density at radius 3 is 2.48 bits per heavy atom. The third-order valence-electron chi connectivity index (χ3n) is 5.38. The van der Waals surface area contributed by atoms with Gasteiger partial charge in [-0.15, -0.1) is 0 Å². The lowest BCUT2D eigenvalue weighted by molar-refractivity contribution is -0.130. The van der Waals surface area contributed by atoms with Crippen molar-refractivity contribution in [1.29, 1.82) is 0 Å². The topological polar surface area (TPSA) is 61.8 Å². The molecule has 8 heteroatoms. The van der Waals surface area contributed by atoms with Gasteiger partial charge in [-0.2, -0.15) is 4.98 Å². The lowest BCUT2D eigenvalue weighted by Crippen LogP contribution is -2.49. The molecule has 2 fully saturated rings. The third-order valence-corrected chi connectivity index (χ3v) is 5.75. The highest BCUT2D eigenvalue weighted by molar-refractivity contribution is 6.31. The largest absolute Gasteiger partial charge is 0.378 e. The fourth-order valence-corrected chi connectivity index (χ4v) is 3.91. The van der Waals surface area contributed by atoms with Crippen molar-refractivity contribution in [3.63, 3.8) is 0 Å². The van der Waals surface area contributed by atoms with Crippen molar-refractivity contribution in [1.82, 2.24) is 14.9 Å². The van der Waals surface area contributed by atoms with Gasteiger partial charge in [0.1, 0.15) is 5.82 Å². The highest BCUT2D eigenvalue weighted by atomic mass is 35.5. The molecule has 0 unspecified atom stereocenters. The number of ether oxygens (including phenoxy) is 1. The predicted molar refractivity (Wildman–Crippen MR) is 114 cm³/mol. The number of amides is 1. The molecule has 2 aromatic rings. The first-order chi connectivity index (χ1) is 14.1. The second kappa shape index (κ2) is 8.97. The summed E-state index contributed by atoms with van der Waals surface area (Å²) < 4.78 is 5.43. The molecule has 2 saturated heterocycles. The average Bonchev–Trinajstić information content (AvgIpc) is 2.75. The van der Waals surface area contributed by atoms with Crippen molar-refractivity contribution in [3.05, 3.63) is 46.6 Å². The minimum absolute atomic E-state index is 0.116. The molecule has 0 saturated carbocycles. The Hall–Kier alpha value is -2.38. The molecule has 29 heavy (non-hydrogen) atoms. The van der Waals surface area contributed by atoms with Gasteiger partial charge in [0.15, 0.2) is 0 Å². The van der Waals surface area contributed by atoms with E-state index in [1.165, 1.54) is 0 Å². The lowest BCUT2D eigenvalue weighted by atomic mass is 10.1. The smallest absolute Gasteiger partial charge is 0.227 e. The monoisotopic (exact) mass is 415 g/mol. The maximum atomic E-state index is 12.7. The number of hydrogen-bond donors (Lipinski definition) is 0. The standard InChI is InChI=1S/C21H26ClN5O2/c1-16-14-19(24-21(23-16)27-10-12-29-13-11-27)25-6-8-26(9-7-25)20(28)15-17-4-2-3-5-18(17)22/h2-5,14H,6-13,15H2,1H3. The van der Waals surface area contributed by atoms with Gasteiger partial charge in [-0.3, -0.25) is 4.79 Å². The van der Waals surface area contributed by atoms with E-state index in [1.54, 1.807) is 0 Å². The normalized spacial score (nSPS) is 17.5. The van der Waals surface area contributed by atoms with Crippen LogP contribution in [0.15, 0.2) is 30.3 Å². The van der Waals surface area contributed by atoms with Gasteiger partial charge in [0.05, 0.1) is 19.6 Å². The van der Waals surface area contributed by atoms with E-state index in [2.05, 4.69) is 14.8 Å². The highest BCUT2D eigenvalue weighted by Crippen LogP contribution is 2.21. The number of piperazine rings is 1. The Labute approximate surface area is 176 Å². The van der Waals surface area contributed by atoms with Gasteiger partial charge in [0, 0.05) is 56.1 Å². The summed E-state index contributed by atoms with van der Waals surface area (Å²) in [5.41, 5.74) is 1.83. The molecule has 0 N–H and O–H groups in total. The van der Waals surface area contributed by atoms with Gasteiger partial charge in [-0.1, -0.05) is 29.8 Å². The molecule has 2 aliphatic heterocycles. The second-order valence-electron chi connectivity index (χ2n) is 7.40. The number of aromatic nitrogens is 2. The molecular formula is C21H26ClN5O2. The minimum atomic E-state index is 0.116. The molecule has 0 aliphatic carbocycles. The van der Waals surface area contributed by atoms with Gasteiger partial charge >= 0.3 is 0 Å². The Bertz CT molecular complexity index is 864. The van der Waals surface area contributed by atoms with E-state index in [4.69, 9.17) is 21.3 Å². The van der Waals surface area contributed by atoms with Crippen molar-refractivity contribution in [2.75, 3.05) is 62.3 Å². The van der Waals surface area contributed by atoms with Gasteiger partial charge in [0.2, 0.25) is 11.9 Å². The van der Waals surface area contributed by atoms with Crippen molar-refractivity contribution in [3.8, 4) is 0 Å². The quantitative estimate of drug-likeness (QED) is 0.762. The maximum Gasteiger partial charge on any atom is 0.227 e. The zero-order valence-electron chi connectivity index (χ0n) is 16.7. The summed E-state index contributed by atoms with van der Waals surface area (Å²) in [5, 5.41) is 0.645.